The molecule has 2 aromatic heterocycles. The molecule has 1 saturated heterocycles. The van der Waals surface area contributed by atoms with E-state index in [1.54, 1.807) is 19.1 Å². The Hall–Kier alpha value is -2.74. The van der Waals surface area contributed by atoms with Crippen molar-refractivity contribution in [2.45, 2.75) is 38.5 Å². The first kappa shape index (κ1) is 18.6. The van der Waals surface area contributed by atoms with Gasteiger partial charge in [0.2, 0.25) is 23.5 Å². The van der Waals surface area contributed by atoms with Crippen LogP contribution in [0.3, 0.4) is 0 Å². The largest absolute Gasteiger partial charge is 0.342 e. The average molecular weight is 402 g/mol. The highest BCUT2D eigenvalue weighted by atomic mass is 35.5. The fraction of sp³-hybridized carbons (Fsp3) is 0.421. The number of hydrogen-bond acceptors (Lipinski definition) is 7. The summed E-state index contributed by atoms with van der Waals surface area (Å²) in [5.74, 6) is 2.32. The summed E-state index contributed by atoms with van der Waals surface area (Å²) in [5.41, 5.74) is 0.819. The standard InChI is InChI=1S/C19H20ClN5O3/c1-12-21-19(28-23-12)14-3-2-10-25(11-14)17(26)9-8-16-22-18(24-27-16)13-4-6-15(20)7-5-13/h4-7,14H,2-3,8-11H2,1H3. The van der Waals surface area contributed by atoms with Gasteiger partial charge in [0.1, 0.15) is 0 Å². The number of amides is 1. The summed E-state index contributed by atoms with van der Waals surface area (Å²) in [6, 6.07) is 7.20. The van der Waals surface area contributed by atoms with Gasteiger partial charge in [-0.25, -0.2) is 0 Å². The first-order valence-corrected chi connectivity index (χ1v) is 9.63. The van der Waals surface area contributed by atoms with Crippen LogP contribution in [0.1, 0.15) is 42.8 Å². The Bertz CT molecular complexity index is 953. The van der Waals surface area contributed by atoms with E-state index < -0.39 is 0 Å². The Balaban J connectivity index is 1.33. The minimum Gasteiger partial charge on any atom is -0.342 e. The smallest absolute Gasteiger partial charge is 0.231 e. The Morgan fingerprint density at radius 3 is 2.79 bits per heavy atom. The number of likely N-dealkylation sites (tertiary alicyclic amines) is 1. The minimum absolute atomic E-state index is 0.0622. The van der Waals surface area contributed by atoms with Crippen LogP contribution >= 0.6 is 11.6 Å². The number of aryl methyl sites for hydroxylation is 2. The summed E-state index contributed by atoms with van der Waals surface area (Å²) in [6.07, 6.45) is 2.58. The maximum atomic E-state index is 12.6. The molecule has 3 heterocycles. The zero-order valence-electron chi connectivity index (χ0n) is 15.5. The maximum Gasteiger partial charge on any atom is 0.231 e. The molecule has 1 fully saturated rings. The summed E-state index contributed by atoms with van der Waals surface area (Å²) in [4.78, 5) is 23.1. The molecule has 1 aromatic carbocycles. The molecule has 0 spiro atoms. The van der Waals surface area contributed by atoms with E-state index in [0.29, 0.717) is 47.8 Å². The Kier molecular flexibility index (Phi) is 5.38. The van der Waals surface area contributed by atoms with Gasteiger partial charge in [0, 0.05) is 36.5 Å². The molecule has 0 saturated carbocycles. The molecule has 0 radical (unpaired) electrons. The molecule has 146 valence electrons. The fourth-order valence-corrected chi connectivity index (χ4v) is 3.45. The minimum atomic E-state index is 0.0622. The van der Waals surface area contributed by atoms with Crippen LogP contribution in [0.25, 0.3) is 11.4 Å². The van der Waals surface area contributed by atoms with Crippen molar-refractivity contribution in [1.29, 1.82) is 0 Å². The van der Waals surface area contributed by atoms with E-state index in [1.807, 2.05) is 17.0 Å². The molecule has 9 heteroatoms. The number of hydrogen-bond donors (Lipinski definition) is 0. The highest BCUT2D eigenvalue weighted by Gasteiger charge is 2.28. The SMILES string of the molecule is Cc1noc(C2CCCN(C(=O)CCc3nc(-c4ccc(Cl)cc4)no3)C2)n1. The van der Waals surface area contributed by atoms with Gasteiger partial charge in [-0.2, -0.15) is 9.97 Å². The number of halogens is 1. The van der Waals surface area contributed by atoms with Crippen LogP contribution in [0.15, 0.2) is 33.3 Å². The molecular weight excluding hydrogens is 382 g/mol. The maximum absolute atomic E-state index is 12.6. The fourth-order valence-electron chi connectivity index (χ4n) is 3.33. The zero-order chi connectivity index (χ0) is 19.5. The molecule has 1 amide bonds. The molecule has 0 aliphatic carbocycles. The molecule has 28 heavy (non-hydrogen) atoms. The molecule has 0 bridgehead atoms. The van der Waals surface area contributed by atoms with Crippen molar-refractivity contribution in [1.82, 2.24) is 25.2 Å². The predicted octanol–water partition coefficient (Wildman–Crippen LogP) is 3.42. The van der Waals surface area contributed by atoms with Gasteiger partial charge in [-0.15, -0.1) is 0 Å². The van der Waals surface area contributed by atoms with Gasteiger partial charge in [0.05, 0.1) is 5.92 Å². The van der Waals surface area contributed by atoms with Crippen LogP contribution in [0.4, 0.5) is 0 Å². The number of benzene rings is 1. The van der Waals surface area contributed by atoms with E-state index in [0.717, 1.165) is 24.9 Å². The molecule has 8 nitrogen and oxygen atoms in total. The summed E-state index contributed by atoms with van der Waals surface area (Å²) >= 11 is 5.89. The second-order valence-electron chi connectivity index (χ2n) is 6.88. The summed E-state index contributed by atoms with van der Waals surface area (Å²) in [7, 11) is 0. The normalized spacial score (nSPS) is 17.1. The Morgan fingerprint density at radius 2 is 2.04 bits per heavy atom. The third-order valence-electron chi connectivity index (χ3n) is 4.79. The number of carbonyl (C=O) groups excluding carboxylic acids is 1. The lowest BCUT2D eigenvalue weighted by Gasteiger charge is -2.31. The lowest BCUT2D eigenvalue weighted by Crippen LogP contribution is -2.39. The summed E-state index contributed by atoms with van der Waals surface area (Å²) in [5, 5.41) is 8.47. The van der Waals surface area contributed by atoms with Gasteiger partial charge in [0.15, 0.2) is 5.82 Å². The molecule has 1 aliphatic rings. The molecule has 1 aliphatic heterocycles. The number of rotatable bonds is 5. The van der Waals surface area contributed by atoms with Gasteiger partial charge < -0.3 is 13.9 Å². The van der Waals surface area contributed by atoms with Gasteiger partial charge in [-0.3, -0.25) is 4.79 Å². The van der Waals surface area contributed by atoms with Crippen LogP contribution < -0.4 is 0 Å². The van der Waals surface area contributed by atoms with E-state index in [-0.39, 0.29) is 11.8 Å². The third-order valence-corrected chi connectivity index (χ3v) is 5.04. The second-order valence-corrected chi connectivity index (χ2v) is 7.31. The Labute approximate surface area is 166 Å². The van der Waals surface area contributed by atoms with Gasteiger partial charge >= 0.3 is 0 Å². The van der Waals surface area contributed by atoms with Gasteiger partial charge in [0.25, 0.3) is 0 Å². The van der Waals surface area contributed by atoms with Crippen LogP contribution in [-0.2, 0) is 11.2 Å². The monoisotopic (exact) mass is 401 g/mol. The number of piperidine rings is 1. The van der Waals surface area contributed by atoms with E-state index in [1.165, 1.54) is 0 Å². The van der Waals surface area contributed by atoms with Crippen molar-refractivity contribution in [3.05, 3.63) is 46.9 Å². The van der Waals surface area contributed by atoms with Crippen molar-refractivity contribution >= 4 is 17.5 Å². The Morgan fingerprint density at radius 1 is 1.21 bits per heavy atom. The van der Waals surface area contributed by atoms with Crippen molar-refractivity contribution in [3.63, 3.8) is 0 Å². The first-order chi connectivity index (χ1) is 13.6. The topological polar surface area (TPSA) is 98.2 Å². The van der Waals surface area contributed by atoms with E-state index >= 15 is 0 Å². The first-order valence-electron chi connectivity index (χ1n) is 9.25. The summed E-state index contributed by atoms with van der Waals surface area (Å²) in [6.45, 7) is 3.13. The molecule has 0 N–H and O–H groups in total. The second kappa shape index (κ2) is 8.10. The highest BCUT2D eigenvalue weighted by molar-refractivity contribution is 6.30. The molecule has 4 rings (SSSR count). The van der Waals surface area contributed by atoms with Crippen molar-refractivity contribution < 1.29 is 13.8 Å². The molecule has 3 aromatic rings. The number of nitrogens with zero attached hydrogens (tertiary/aromatic N) is 5. The van der Waals surface area contributed by atoms with E-state index in [9.17, 15) is 4.79 Å². The van der Waals surface area contributed by atoms with Gasteiger partial charge in [-0.1, -0.05) is 21.9 Å². The lowest BCUT2D eigenvalue weighted by atomic mass is 9.97. The van der Waals surface area contributed by atoms with Crippen molar-refractivity contribution in [2.24, 2.45) is 0 Å². The predicted molar refractivity (Wildman–Crippen MR) is 101 cm³/mol. The average Bonchev–Trinajstić information content (AvgIpc) is 3.36. The van der Waals surface area contributed by atoms with E-state index in [4.69, 9.17) is 20.6 Å². The highest BCUT2D eigenvalue weighted by Crippen LogP contribution is 2.26. The van der Waals surface area contributed by atoms with E-state index in [2.05, 4.69) is 20.3 Å². The molecule has 1 atom stereocenters. The number of aromatic nitrogens is 4. The van der Waals surface area contributed by atoms with Crippen molar-refractivity contribution in [2.75, 3.05) is 13.1 Å². The third kappa shape index (κ3) is 4.22. The number of carbonyl (C=O) groups is 1. The van der Waals surface area contributed by atoms with Crippen LogP contribution in [0.2, 0.25) is 5.02 Å². The van der Waals surface area contributed by atoms with Crippen LogP contribution in [0.5, 0.6) is 0 Å². The summed E-state index contributed by atoms with van der Waals surface area (Å²) < 4.78 is 10.6. The van der Waals surface area contributed by atoms with Crippen LogP contribution in [0, 0.1) is 6.92 Å². The zero-order valence-corrected chi connectivity index (χ0v) is 16.2. The van der Waals surface area contributed by atoms with Crippen LogP contribution in [-0.4, -0.2) is 44.2 Å². The molecular formula is C19H20ClN5O3. The van der Waals surface area contributed by atoms with Gasteiger partial charge in [-0.05, 0) is 44.0 Å². The molecule has 1 unspecified atom stereocenters. The lowest BCUT2D eigenvalue weighted by molar-refractivity contribution is -0.132. The van der Waals surface area contributed by atoms with Crippen molar-refractivity contribution in [3.8, 4) is 11.4 Å². The quantitative estimate of drug-likeness (QED) is 0.645.